The van der Waals surface area contributed by atoms with Crippen molar-refractivity contribution in [2.75, 3.05) is 20.3 Å². The Bertz CT molecular complexity index is 358. The van der Waals surface area contributed by atoms with Crippen molar-refractivity contribution in [2.45, 2.75) is 6.92 Å². The molecule has 1 aromatic rings. The molecule has 1 amide bonds. The van der Waals surface area contributed by atoms with Crippen LogP contribution in [0.15, 0.2) is 18.5 Å². The standard InChI is InChI=1S/C11H15ClN2O2/c1-8(7-16-2)5-14-11(15)9-6-13-4-3-10(9)12/h3-4,6,8H,5,7H2,1-2H3,(H,14,15). The van der Waals surface area contributed by atoms with E-state index in [2.05, 4.69) is 10.3 Å². The van der Waals surface area contributed by atoms with E-state index in [1.165, 1.54) is 6.20 Å². The topological polar surface area (TPSA) is 51.2 Å². The number of nitrogens with one attached hydrogen (secondary N) is 1. The van der Waals surface area contributed by atoms with Gasteiger partial charge in [0, 0.05) is 26.0 Å². The third kappa shape index (κ3) is 3.79. The summed E-state index contributed by atoms with van der Waals surface area (Å²) in [5.74, 6) is 0.0606. The van der Waals surface area contributed by atoms with Gasteiger partial charge in [0.15, 0.2) is 0 Å². The highest BCUT2D eigenvalue weighted by Gasteiger charge is 2.11. The molecule has 0 spiro atoms. The first-order valence-electron chi connectivity index (χ1n) is 5.01. The third-order valence-corrected chi connectivity index (χ3v) is 2.40. The van der Waals surface area contributed by atoms with Crippen LogP contribution in [0.25, 0.3) is 0 Å². The largest absolute Gasteiger partial charge is 0.384 e. The van der Waals surface area contributed by atoms with E-state index in [-0.39, 0.29) is 11.8 Å². The minimum atomic E-state index is -0.207. The smallest absolute Gasteiger partial charge is 0.254 e. The van der Waals surface area contributed by atoms with E-state index >= 15 is 0 Å². The van der Waals surface area contributed by atoms with E-state index in [1.807, 2.05) is 6.92 Å². The molecule has 5 heteroatoms. The van der Waals surface area contributed by atoms with Crippen molar-refractivity contribution in [3.05, 3.63) is 29.0 Å². The zero-order valence-corrected chi connectivity index (χ0v) is 10.1. The summed E-state index contributed by atoms with van der Waals surface area (Å²) < 4.78 is 4.98. The molecule has 0 aliphatic carbocycles. The molecule has 1 aromatic heterocycles. The highest BCUT2D eigenvalue weighted by molar-refractivity contribution is 6.33. The van der Waals surface area contributed by atoms with Crippen LogP contribution in [0.4, 0.5) is 0 Å². The second-order valence-corrected chi connectivity index (χ2v) is 4.03. The molecule has 0 radical (unpaired) electrons. The Kier molecular flexibility index (Phi) is 5.22. The summed E-state index contributed by atoms with van der Waals surface area (Å²) in [6.45, 7) is 3.16. The van der Waals surface area contributed by atoms with Gasteiger partial charge in [-0.05, 0) is 12.0 Å². The second-order valence-electron chi connectivity index (χ2n) is 3.63. The molecule has 0 saturated carbocycles. The van der Waals surface area contributed by atoms with Crippen LogP contribution >= 0.6 is 11.6 Å². The number of carbonyl (C=O) groups excluding carboxylic acids is 1. The number of rotatable bonds is 5. The fourth-order valence-electron chi connectivity index (χ4n) is 1.25. The van der Waals surface area contributed by atoms with Crippen molar-refractivity contribution >= 4 is 17.5 Å². The number of carbonyl (C=O) groups is 1. The van der Waals surface area contributed by atoms with Crippen molar-refractivity contribution < 1.29 is 9.53 Å². The first-order valence-corrected chi connectivity index (χ1v) is 5.39. The minimum absolute atomic E-state index is 0.207. The lowest BCUT2D eigenvalue weighted by molar-refractivity contribution is 0.0934. The van der Waals surface area contributed by atoms with Crippen molar-refractivity contribution in [3.63, 3.8) is 0 Å². The monoisotopic (exact) mass is 242 g/mol. The average Bonchev–Trinajstić information content (AvgIpc) is 2.27. The molecule has 0 aromatic carbocycles. The number of nitrogens with zero attached hydrogens (tertiary/aromatic N) is 1. The van der Waals surface area contributed by atoms with Gasteiger partial charge in [-0.25, -0.2) is 0 Å². The minimum Gasteiger partial charge on any atom is -0.384 e. The molecule has 1 atom stereocenters. The summed E-state index contributed by atoms with van der Waals surface area (Å²) in [6, 6.07) is 1.59. The first-order chi connectivity index (χ1) is 7.65. The van der Waals surface area contributed by atoms with Gasteiger partial charge in [-0.2, -0.15) is 0 Å². The lowest BCUT2D eigenvalue weighted by atomic mass is 10.2. The van der Waals surface area contributed by atoms with Crippen LogP contribution in [0.3, 0.4) is 0 Å². The van der Waals surface area contributed by atoms with E-state index in [0.717, 1.165) is 0 Å². The van der Waals surface area contributed by atoms with Crippen molar-refractivity contribution in [1.29, 1.82) is 0 Å². The molecule has 4 nitrogen and oxygen atoms in total. The van der Waals surface area contributed by atoms with Gasteiger partial charge in [0.25, 0.3) is 5.91 Å². The summed E-state index contributed by atoms with van der Waals surface area (Å²) in [7, 11) is 1.64. The van der Waals surface area contributed by atoms with Crippen LogP contribution < -0.4 is 5.32 Å². The van der Waals surface area contributed by atoms with E-state index < -0.39 is 0 Å². The molecule has 1 N–H and O–H groups in total. The van der Waals surface area contributed by atoms with E-state index in [0.29, 0.717) is 23.7 Å². The molecule has 0 bridgehead atoms. The summed E-state index contributed by atoms with van der Waals surface area (Å²) in [5.41, 5.74) is 0.397. The molecule has 88 valence electrons. The maximum atomic E-state index is 11.7. The number of methoxy groups -OCH3 is 1. The molecule has 1 rings (SSSR count). The maximum absolute atomic E-state index is 11.7. The average molecular weight is 243 g/mol. The fourth-order valence-corrected chi connectivity index (χ4v) is 1.44. The Labute approximate surface area is 100.0 Å². The summed E-state index contributed by atoms with van der Waals surface area (Å²) in [5, 5.41) is 3.19. The van der Waals surface area contributed by atoms with Gasteiger partial charge in [-0.3, -0.25) is 9.78 Å². The van der Waals surface area contributed by atoms with Crippen molar-refractivity contribution in [1.82, 2.24) is 10.3 Å². The second kappa shape index (κ2) is 6.45. The van der Waals surface area contributed by atoms with Crippen LogP contribution in [-0.2, 0) is 4.74 Å². The molecule has 1 heterocycles. The zero-order valence-electron chi connectivity index (χ0n) is 9.37. The molecular weight excluding hydrogens is 228 g/mol. The first kappa shape index (κ1) is 12.9. The maximum Gasteiger partial charge on any atom is 0.254 e. The molecule has 0 saturated heterocycles. The molecule has 0 aliphatic heterocycles. The zero-order chi connectivity index (χ0) is 12.0. The highest BCUT2D eigenvalue weighted by atomic mass is 35.5. The van der Waals surface area contributed by atoms with Crippen LogP contribution in [0, 0.1) is 5.92 Å². The number of aromatic nitrogens is 1. The van der Waals surface area contributed by atoms with Gasteiger partial charge in [0.2, 0.25) is 0 Å². The predicted octanol–water partition coefficient (Wildman–Crippen LogP) is 1.75. The van der Waals surface area contributed by atoms with Crippen LogP contribution in [0.2, 0.25) is 5.02 Å². The number of amides is 1. The number of ether oxygens (including phenoxy) is 1. The number of hydrogen-bond donors (Lipinski definition) is 1. The lowest BCUT2D eigenvalue weighted by Gasteiger charge is -2.11. The van der Waals surface area contributed by atoms with Crippen molar-refractivity contribution in [3.8, 4) is 0 Å². The quantitative estimate of drug-likeness (QED) is 0.856. The van der Waals surface area contributed by atoms with Crippen molar-refractivity contribution in [2.24, 2.45) is 5.92 Å². The van der Waals surface area contributed by atoms with Gasteiger partial charge in [-0.1, -0.05) is 18.5 Å². The van der Waals surface area contributed by atoms with Gasteiger partial charge in [-0.15, -0.1) is 0 Å². The fraction of sp³-hybridized carbons (Fsp3) is 0.455. The molecule has 0 fully saturated rings. The lowest BCUT2D eigenvalue weighted by Crippen LogP contribution is -2.30. The highest BCUT2D eigenvalue weighted by Crippen LogP contribution is 2.12. The SMILES string of the molecule is COCC(C)CNC(=O)c1cnccc1Cl. The third-order valence-electron chi connectivity index (χ3n) is 2.07. The van der Waals surface area contributed by atoms with Gasteiger partial charge in [0.05, 0.1) is 17.2 Å². The van der Waals surface area contributed by atoms with Gasteiger partial charge in [0.1, 0.15) is 0 Å². The molecule has 16 heavy (non-hydrogen) atoms. The Morgan fingerprint density at radius 3 is 3.06 bits per heavy atom. The number of halogens is 1. The Balaban J connectivity index is 2.50. The normalized spacial score (nSPS) is 12.2. The Morgan fingerprint density at radius 2 is 2.44 bits per heavy atom. The summed E-state index contributed by atoms with van der Waals surface area (Å²) in [4.78, 5) is 15.6. The van der Waals surface area contributed by atoms with Crippen LogP contribution in [0.5, 0.6) is 0 Å². The molecule has 0 aliphatic rings. The number of hydrogen-bond acceptors (Lipinski definition) is 3. The Morgan fingerprint density at radius 1 is 1.69 bits per heavy atom. The molecular formula is C11H15ClN2O2. The van der Waals surface area contributed by atoms with Gasteiger partial charge >= 0.3 is 0 Å². The summed E-state index contributed by atoms with van der Waals surface area (Å²) >= 11 is 5.87. The predicted molar refractivity (Wildman–Crippen MR) is 62.6 cm³/mol. The van der Waals surface area contributed by atoms with Crippen LogP contribution in [-0.4, -0.2) is 31.2 Å². The van der Waals surface area contributed by atoms with Crippen LogP contribution in [0.1, 0.15) is 17.3 Å². The Hall–Kier alpha value is -1.13. The van der Waals surface area contributed by atoms with E-state index in [1.54, 1.807) is 19.4 Å². The number of pyridine rings is 1. The van der Waals surface area contributed by atoms with E-state index in [4.69, 9.17) is 16.3 Å². The van der Waals surface area contributed by atoms with E-state index in [9.17, 15) is 4.79 Å². The van der Waals surface area contributed by atoms with Gasteiger partial charge < -0.3 is 10.1 Å². The molecule has 1 unspecified atom stereocenters. The summed E-state index contributed by atoms with van der Waals surface area (Å²) in [6.07, 6.45) is 3.01.